The third kappa shape index (κ3) is 13.2. The highest BCUT2D eigenvalue weighted by Crippen LogP contribution is 2.41. The molecule has 2 heterocycles. The van der Waals surface area contributed by atoms with Crippen molar-refractivity contribution in [1.82, 2.24) is 9.62 Å². The van der Waals surface area contributed by atoms with Crippen LogP contribution in [0, 0.1) is 12.8 Å². The van der Waals surface area contributed by atoms with E-state index in [9.17, 15) is 27.6 Å². The Balaban J connectivity index is 0.000000190. The average molecular weight is 864 g/mol. The van der Waals surface area contributed by atoms with E-state index in [-0.39, 0.29) is 12.0 Å². The number of likely N-dealkylation sites (tertiary alicyclic amines) is 1. The highest BCUT2D eigenvalue weighted by molar-refractivity contribution is 7.91. The van der Waals surface area contributed by atoms with Gasteiger partial charge in [-0.15, -0.1) is 0 Å². The molecule has 4 fully saturated rings. The number of fused-ring (bicyclic) bond motifs is 1. The summed E-state index contributed by atoms with van der Waals surface area (Å²) in [6, 6.07) is 13.5. The van der Waals surface area contributed by atoms with Crippen molar-refractivity contribution >= 4 is 69.5 Å². The zero-order valence-electron chi connectivity index (χ0n) is 35.0. The molecule has 12 nitrogen and oxygen atoms in total. The van der Waals surface area contributed by atoms with Crippen molar-refractivity contribution in [3.8, 4) is 5.75 Å². The third-order valence-corrected chi connectivity index (χ3v) is 13.3. The Morgan fingerprint density at radius 1 is 0.950 bits per heavy atom. The van der Waals surface area contributed by atoms with Gasteiger partial charge in [0.2, 0.25) is 21.7 Å². The van der Waals surface area contributed by atoms with Crippen LogP contribution in [-0.4, -0.2) is 73.8 Å². The molecule has 7 rings (SSSR count). The number of benzene rings is 2. The van der Waals surface area contributed by atoms with Gasteiger partial charge in [0.15, 0.2) is 0 Å². The van der Waals surface area contributed by atoms with Gasteiger partial charge in [0, 0.05) is 34.9 Å². The molecule has 1 unspecified atom stereocenters. The number of unbranched alkanes of at least 4 members (excludes halogenated alkanes) is 4. The molecule has 1 atom stereocenters. The van der Waals surface area contributed by atoms with Gasteiger partial charge >= 0.3 is 12.0 Å². The minimum absolute atomic E-state index is 0.113. The number of nitrogens with one attached hydrogen (secondary N) is 1. The van der Waals surface area contributed by atoms with Gasteiger partial charge in [-0.25, -0.2) is 17.9 Å². The van der Waals surface area contributed by atoms with Crippen LogP contribution in [0.15, 0.2) is 59.0 Å². The molecule has 0 spiro atoms. The molecule has 4 aliphatic rings. The van der Waals surface area contributed by atoms with Crippen molar-refractivity contribution in [2.45, 2.75) is 127 Å². The molecule has 1 aliphatic heterocycles. The number of furan rings is 1. The van der Waals surface area contributed by atoms with Gasteiger partial charge in [-0.3, -0.25) is 14.4 Å². The molecule has 14 heteroatoms. The minimum atomic E-state index is -3.76. The van der Waals surface area contributed by atoms with Crippen LogP contribution in [0.4, 0.5) is 4.79 Å². The summed E-state index contributed by atoms with van der Waals surface area (Å²) in [6.07, 6.45) is 17.5. The fourth-order valence-corrected chi connectivity index (χ4v) is 9.24. The van der Waals surface area contributed by atoms with Crippen LogP contribution in [-0.2, 0) is 29.1 Å². The number of thiol groups is 1. The molecule has 3 aromatic rings. The molecule has 0 bridgehead atoms. The SMILES string of the molecule is C=c1/c(=C(\c2ccc(OC)cc2C)C2CC2)oc2ccccc12.NC(=O)OC1CCCC1.O=C(NS(=O)(=O)C1CC1)C(=O)C1CCCN1C(=O)CCCCCC/C=C\CS. The Bertz CT molecular complexity index is 2220. The lowest BCUT2D eigenvalue weighted by molar-refractivity contribution is -0.143. The lowest BCUT2D eigenvalue weighted by Crippen LogP contribution is -2.48. The van der Waals surface area contributed by atoms with Gasteiger partial charge in [-0.05, 0) is 126 Å². The van der Waals surface area contributed by atoms with Crippen LogP contribution in [0.2, 0.25) is 0 Å². The maximum atomic E-state index is 12.5. The van der Waals surface area contributed by atoms with Crippen LogP contribution >= 0.6 is 12.6 Å². The number of allylic oxidation sites excluding steroid dienone is 1. The fraction of sp³-hybridized carbons (Fsp3) is 0.522. The second-order valence-electron chi connectivity index (χ2n) is 16.0. The monoisotopic (exact) mass is 863 g/mol. The lowest BCUT2D eigenvalue weighted by Gasteiger charge is -2.23. The molecule has 0 radical (unpaired) electrons. The van der Waals surface area contributed by atoms with E-state index >= 15 is 0 Å². The normalized spacial score (nSPS) is 18.3. The molecule has 3 aliphatic carbocycles. The summed E-state index contributed by atoms with van der Waals surface area (Å²) in [5.41, 5.74) is 10.4. The number of hydrogen-bond donors (Lipinski definition) is 3. The van der Waals surface area contributed by atoms with Gasteiger partial charge in [-0.1, -0.05) is 55.8 Å². The first-order valence-corrected chi connectivity index (χ1v) is 23.5. The summed E-state index contributed by atoms with van der Waals surface area (Å²) >= 11 is 4.10. The molecule has 1 aromatic heterocycles. The number of ketones is 1. The zero-order valence-corrected chi connectivity index (χ0v) is 36.7. The maximum absolute atomic E-state index is 12.5. The number of nitrogens with two attached hydrogens (primary N) is 1. The topological polar surface area (TPSA) is 175 Å². The number of carbonyl (C=O) groups is 4. The van der Waals surface area contributed by atoms with Crippen LogP contribution in [0.3, 0.4) is 0 Å². The van der Waals surface area contributed by atoms with Crippen molar-refractivity contribution in [3.63, 3.8) is 0 Å². The number of carbonyl (C=O) groups excluding carboxylic acids is 4. The number of nitrogens with zero attached hydrogens (tertiary/aromatic N) is 1. The van der Waals surface area contributed by atoms with Crippen molar-refractivity contribution in [2.75, 3.05) is 19.4 Å². The molecule has 2 aromatic carbocycles. The first-order valence-electron chi connectivity index (χ1n) is 21.3. The first kappa shape index (κ1) is 46.5. The van der Waals surface area contributed by atoms with Crippen molar-refractivity contribution in [1.29, 1.82) is 0 Å². The van der Waals surface area contributed by atoms with Crippen LogP contribution < -0.4 is 25.8 Å². The largest absolute Gasteiger partial charge is 0.497 e. The van der Waals surface area contributed by atoms with E-state index in [1.807, 2.05) is 35.1 Å². The summed E-state index contributed by atoms with van der Waals surface area (Å²) in [6.45, 7) is 6.86. The second-order valence-corrected chi connectivity index (χ2v) is 18.3. The minimum Gasteiger partial charge on any atom is -0.497 e. The molecule has 1 saturated heterocycles. The number of methoxy groups -OCH3 is 1. The van der Waals surface area contributed by atoms with Crippen LogP contribution in [0.25, 0.3) is 23.1 Å². The third-order valence-electron chi connectivity index (χ3n) is 11.3. The quantitative estimate of drug-likeness (QED) is 0.0607. The number of amides is 3. The molecule has 3 saturated carbocycles. The summed E-state index contributed by atoms with van der Waals surface area (Å²) < 4.78 is 41.9. The molecule has 3 amide bonds. The molecular weight excluding hydrogens is 803 g/mol. The molecule has 60 heavy (non-hydrogen) atoms. The Labute approximate surface area is 359 Å². The fourth-order valence-electron chi connectivity index (χ4n) is 7.81. The van der Waals surface area contributed by atoms with Crippen LogP contribution in [0.1, 0.15) is 114 Å². The first-order chi connectivity index (χ1) is 28.8. The van der Waals surface area contributed by atoms with E-state index < -0.39 is 39.1 Å². The van der Waals surface area contributed by atoms with Gasteiger partial charge in [0.25, 0.3) is 0 Å². The number of hydrogen-bond acceptors (Lipinski definition) is 10. The van der Waals surface area contributed by atoms with E-state index in [1.165, 1.54) is 34.4 Å². The predicted molar refractivity (Wildman–Crippen MR) is 237 cm³/mol. The molecule has 326 valence electrons. The highest BCUT2D eigenvalue weighted by Gasteiger charge is 2.41. The van der Waals surface area contributed by atoms with E-state index in [1.54, 1.807) is 7.11 Å². The smallest absolute Gasteiger partial charge is 0.404 e. The van der Waals surface area contributed by atoms with Crippen molar-refractivity contribution in [2.24, 2.45) is 11.7 Å². The number of aryl methyl sites for hydroxylation is 1. The van der Waals surface area contributed by atoms with E-state index in [0.29, 0.717) is 44.6 Å². The number of para-hydroxylation sites is 1. The van der Waals surface area contributed by atoms with Gasteiger partial charge in [0.05, 0.1) is 12.4 Å². The van der Waals surface area contributed by atoms with Crippen molar-refractivity contribution in [3.05, 3.63) is 76.4 Å². The van der Waals surface area contributed by atoms with Gasteiger partial charge in [0.1, 0.15) is 28.9 Å². The Morgan fingerprint density at radius 3 is 2.30 bits per heavy atom. The number of ether oxygens (including phenoxy) is 2. The van der Waals surface area contributed by atoms with Crippen molar-refractivity contribution < 1.29 is 41.5 Å². The summed E-state index contributed by atoms with van der Waals surface area (Å²) in [4.78, 5) is 48.5. The molecular formula is C46H61N3O9S2. The number of Topliss-reactive ketones (excluding diaryl/α,β-unsaturated/α-hetero) is 1. The standard InChI is InChI=1S/C21H20O2.C19H30N2O5S2.C6H11NO2/c1-13-12-16(22-3)10-11-17(13)20(15-8-9-15)21-14(2)18-6-4-5-7-19(18)23-21;22-17(10-6-4-2-1-3-5-7-14-27)21-13-8-9-16(21)18(23)19(24)20-28(25,26)15-11-12-15;7-6(8)9-5-3-1-2-4-5/h4-7,10-12,15H,2,8-9H2,1,3H3;5,7,15-16,27H,1-4,6,8-14H2,(H,20,24);5H,1-4H2,(H2,7,8)/b21-20+;7-5-;. The molecule has 3 N–H and O–H groups in total. The Hall–Kier alpha value is -4.56. The maximum Gasteiger partial charge on any atom is 0.404 e. The summed E-state index contributed by atoms with van der Waals surface area (Å²) in [5, 5.41) is 1.53. The number of primary amides is 1. The van der Waals surface area contributed by atoms with Crippen LogP contribution in [0.5, 0.6) is 5.75 Å². The summed E-state index contributed by atoms with van der Waals surface area (Å²) in [5.74, 6) is 0.124. The van der Waals surface area contributed by atoms with E-state index in [2.05, 4.69) is 50.4 Å². The summed E-state index contributed by atoms with van der Waals surface area (Å²) in [7, 11) is -2.06. The van der Waals surface area contributed by atoms with E-state index in [4.69, 9.17) is 19.6 Å². The Morgan fingerprint density at radius 2 is 1.67 bits per heavy atom. The Kier molecular flexibility index (Phi) is 17.3. The zero-order chi connectivity index (χ0) is 43.2. The number of sulfonamides is 1. The van der Waals surface area contributed by atoms with E-state index in [0.717, 1.165) is 90.9 Å². The highest BCUT2D eigenvalue weighted by atomic mass is 32.2. The lowest BCUT2D eigenvalue weighted by atomic mass is 9.96. The van der Waals surface area contributed by atoms with Gasteiger partial charge < -0.3 is 24.5 Å². The average Bonchev–Trinajstić information content (AvgIpc) is 4.13. The predicted octanol–water partition coefficient (Wildman–Crippen LogP) is 6.77. The van der Waals surface area contributed by atoms with Gasteiger partial charge in [-0.2, -0.15) is 12.6 Å². The number of rotatable bonds is 16. The second kappa shape index (κ2) is 22.3.